The van der Waals surface area contributed by atoms with Crippen molar-refractivity contribution in [2.75, 3.05) is 5.32 Å². The monoisotopic (exact) mass is 338 g/mol. The van der Waals surface area contributed by atoms with E-state index < -0.39 is 18.3 Å². The van der Waals surface area contributed by atoms with Crippen molar-refractivity contribution < 1.29 is 14.1 Å². The summed E-state index contributed by atoms with van der Waals surface area (Å²) >= 11 is 0. The van der Waals surface area contributed by atoms with Gasteiger partial charge in [-0.05, 0) is 64.3 Å². The molecule has 3 rings (SSSR count). The highest BCUT2D eigenvalue weighted by Crippen LogP contribution is 2.36. The summed E-state index contributed by atoms with van der Waals surface area (Å²) < 4.78 is 12.3. The fourth-order valence-electron chi connectivity index (χ4n) is 2.65. The lowest BCUT2D eigenvalue weighted by molar-refractivity contribution is 0.00578. The molecule has 0 saturated carbocycles. The van der Waals surface area contributed by atoms with Gasteiger partial charge in [0.05, 0.1) is 11.2 Å². The van der Waals surface area contributed by atoms with Crippen LogP contribution in [0, 0.1) is 6.92 Å². The van der Waals surface area contributed by atoms with Crippen molar-refractivity contribution >= 4 is 24.2 Å². The van der Waals surface area contributed by atoms with Crippen LogP contribution in [0.5, 0.6) is 0 Å². The standard InChI is InChI=1S/C19H23BN2O3/c1-13-6-7-15(22-17(23)14-8-10-21-11-9-14)12-16(13)20-24-18(2,3)19(4,5)25-20/h6-12H,1-5H3,(H,22,23). The van der Waals surface area contributed by atoms with Gasteiger partial charge in [0.2, 0.25) is 0 Å². The molecule has 1 N–H and O–H groups in total. The number of benzene rings is 1. The van der Waals surface area contributed by atoms with Gasteiger partial charge in [0.1, 0.15) is 0 Å². The molecule has 130 valence electrons. The first-order valence-corrected chi connectivity index (χ1v) is 8.37. The zero-order valence-corrected chi connectivity index (χ0v) is 15.3. The molecule has 1 amide bonds. The zero-order chi connectivity index (χ0) is 18.2. The van der Waals surface area contributed by atoms with Gasteiger partial charge >= 0.3 is 7.12 Å². The number of hydrogen-bond donors (Lipinski definition) is 1. The first-order chi connectivity index (χ1) is 11.7. The Hall–Kier alpha value is -2.18. The number of anilines is 1. The van der Waals surface area contributed by atoms with Crippen LogP contribution in [0.4, 0.5) is 5.69 Å². The van der Waals surface area contributed by atoms with Gasteiger partial charge in [-0.2, -0.15) is 0 Å². The number of nitrogens with one attached hydrogen (secondary N) is 1. The van der Waals surface area contributed by atoms with E-state index in [-0.39, 0.29) is 5.91 Å². The molecular formula is C19H23BN2O3. The number of rotatable bonds is 3. The van der Waals surface area contributed by atoms with E-state index in [4.69, 9.17) is 9.31 Å². The molecule has 0 spiro atoms. The largest absolute Gasteiger partial charge is 0.495 e. The third kappa shape index (κ3) is 3.46. The van der Waals surface area contributed by atoms with Crippen LogP contribution in [0.15, 0.2) is 42.7 Å². The van der Waals surface area contributed by atoms with E-state index in [9.17, 15) is 4.79 Å². The van der Waals surface area contributed by atoms with Gasteiger partial charge in [-0.1, -0.05) is 11.6 Å². The third-order valence-electron chi connectivity index (χ3n) is 4.99. The van der Waals surface area contributed by atoms with E-state index in [1.54, 1.807) is 24.5 Å². The quantitative estimate of drug-likeness (QED) is 0.874. The maximum atomic E-state index is 12.3. The van der Waals surface area contributed by atoms with Crippen molar-refractivity contribution in [1.29, 1.82) is 0 Å². The van der Waals surface area contributed by atoms with E-state index in [2.05, 4.69) is 10.3 Å². The van der Waals surface area contributed by atoms with E-state index in [1.165, 1.54) is 0 Å². The van der Waals surface area contributed by atoms with Gasteiger partial charge in [0.15, 0.2) is 0 Å². The predicted octanol–water partition coefficient (Wildman–Crippen LogP) is 2.94. The summed E-state index contributed by atoms with van der Waals surface area (Å²) in [5.74, 6) is -0.175. The van der Waals surface area contributed by atoms with Crippen LogP contribution in [0.25, 0.3) is 0 Å². The molecule has 0 atom stereocenters. The number of amides is 1. The maximum absolute atomic E-state index is 12.3. The van der Waals surface area contributed by atoms with Crippen molar-refractivity contribution in [3.05, 3.63) is 53.9 Å². The fourth-order valence-corrected chi connectivity index (χ4v) is 2.65. The Labute approximate surface area is 148 Å². The van der Waals surface area contributed by atoms with E-state index >= 15 is 0 Å². The number of pyridine rings is 1. The number of carbonyl (C=O) groups is 1. The number of aryl methyl sites for hydroxylation is 1. The Morgan fingerprint density at radius 1 is 1.04 bits per heavy atom. The minimum atomic E-state index is -0.456. The summed E-state index contributed by atoms with van der Waals surface area (Å²) in [7, 11) is -0.456. The highest BCUT2D eigenvalue weighted by molar-refractivity contribution is 6.62. The first kappa shape index (κ1) is 17.6. The van der Waals surface area contributed by atoms with E-state index in [0.29, 0.717) is 11.3 Å². The normalized spacial score (nSPS) is 18.2. The lowest BCUT2D eigenvalue weighted by atomic mass is 9.76. The summed E-state index contributed by atoms with van der Waals surface area (Å²) in [6, 6.07) is 9.11. The molecular weight excluding hydrogens is 315 g/mol. The van der Waals surface area contributed by atoms with Crippen molar-refractivity contribution in [2.24, 2.45) is 0 Å². The summed E-state index contributed by atoms with van der Waals surface area (Å²) in [5, 5.41) is 2.91. The number of nitrogens with zero attached hydrogens (tertiary/aromatic N) is 1. The van der Waals surface area contributed by atoms with Crippen LogP contribution >= 0.6 is 0 Å². The Bertz CT molecular complexity index is 775. The average Bonchev–Trinajstić information content (AvgIpc) is 2.78. The van der Waals surface area contributed by atoms with Gasteiger partial charge in [0, 0.05) is 23.6 Å². The van der Waals surface area contributed by atoms with E-state index in [0.717, 1.165) is 11.0 Å². The number of carbonyl (C=O) groups excluding carboxylic acids is 1. The van der Waals surface area contributed by atoms with Gasteiger partial charge in [0.25, 0.3) is 5.91 Å². The Kier molecular flexibility index (Phi) is 4.43. The molecule has 1 saturated heterocycles. The molecule has 0 bridgehead atoms. The molecule has 0 aliphatic carbocycles. The van der Waals surface area contributed by atoms with Gasteiger partial charge < -0.3 is 14.6 Å². The SMILES string of the molecule is Cc1ccc(NC(=O)c2ccncc2)cc1B1OC(C)(C)C(C)(C)O1. The molecule has 1 aliphatic rings. The smallest absolute Gasteiger partial charge is 0.399 e. The van der Waals surface area contributed by atoms with Gasteiger partial charge in [-0.25, -0.2) is 0 Å². The van der Waals surface area contributed by atoms with Crippen molar-refractivity contribution in [1.82, 2.24) is 4.98 Å². The fraction of sp³-hybridized carbons (Fsp3) is 0.368. The Morgan fingerprint density at radius 2 is 1.64 bits per heavy atom. The highest BCUT2D eigenvalue weighted by atomic mass is 16.7. The zero-order valence-electron chi connectivity index (χ0n) is 15.3. The summed E-state index contributed by atoms with van der Waals surface area (Å²) in [4.78, 5) is 16.3. The lowest BCUT2D eigenvalue weighted by Gasteiger charge is -2.32. The lowest BCUT2D eigenvalue weighted by Crippen LogP contribution is -2.41. The highest BCUT2D eigenvalue weighted by Gasteiger charge is 2.52. The maximum Gasteiger partial charge on any atom is 0.495 e. The van der Waals surface area contributed by atoms with Crippen LogP contribution in [0.3, 0.4) is 0 Å². The average molecular weight is 338 g/mol. The van der Waals surface area contributed by atoms with Crippen LogP contribution in [0.2, 0.25) is 0 Å². The molecule has 0 unspecified atom stereocenters. The molecule has 1 aromatic carbocycles. The van der Waals surface area contributed by atoms with Crippen LogP contribution in [0.1, 0.15) is 43.6 Å². The molecule has 6 heteroatoms. The van der Waals surface area contributed by atoms with Crippen LogP contribution < -0.4 is 10.8 Å². The second-order valence-electron chi connectivity index (χ2n) is 7.35. The minimum absolute atomic E-state index is 0.175. The van der Waals surface area contributed by atoms with Gasteiger partial charge in [-0.15, -0.1) is 0 Å². The Morgan fingerprint density at radius 3 is 2.24 bits per heavy atom. The number of hydrogen-bond acceptors (Lipinski definition) is 4. The molecule has 2 heterocycles. The second kappa shape index (κ2) is 6.28. The summed E-state index contributed by atoms with van der Waals surface area (Å²) in [6.45, 7) is 10.1. The van der Waals surface area contributed by atoms with Gasteiger partial charge in [-0.3, -0.25) is 9.78 Å². The molecule has 25 heavy (non-hydrogen) atoms. The molecule has 5 nitrogen and oxygen atoms in total. The van der Waals surface area contributed by atoms with Crippen molar-refractivity contribution in [3.8, 4) is 0 Å². The molecule has 0 radical (unpaired) electrons. The second-order valence-corrected chi connectivity index (χ2v) is 7.35. The van der Waals surface area contributed by atoms with Crippen LogP contribution in [-0.2, 0) is 9.31 Å². The summed E-state index contributed by atoms with van der Waals surface area (Å²) in [5.41, 5.74) is 2.44. The molecule has 1 aromatic heterocycles. The number of aromatic nitrogens is 1. The summed E-state index contributed by atoms with van der Waals surface area (Å²) in [6.07, 6.45) is 3.19. The predicted molar refractivity (Wildman–Crippen MR) is 99.1 cm³/mol. The third-order valence-corrected chi connectivity index (χ3v) is 4.99. The van der Waals surface area contributed by atoms with Crippen LogP contribution in [-0.4, -0.2) is 29.2 Å². The van der Waals surface area contributed by atoms with Crippen molar-refractivity contribution in [3.63, 3.8) is 0 Å². The van der Waals surface area contributed by atoms with E-state index in [1.807, 2.05) is 52.8 Å². The Balaban J connectivity index is 1.83. The molecule has 1 aliphatic heterocycles. The first-order valence-electron chi connectivity index (χ1n) is 8.37. The minimum Gasteiger partial charge on any atom is -0.399 e. The molecule has 2 aromatic rings. The topological polar surface area (TPSA) is 60.5 Å². The van der Waals surface area contributed by atoms with Crippen molar-refractivity contribution in [2.45, 2.75) is 45.8 Å². The molecule has 1 fully saturated rings.